The van der Waals surface area contributed by atoms with Crippen molar-refractivity contribution in [2.45, 2.75) is 19.4 Å². The second-order valence-electron chi connectivity index (χ2n) is 4.96. The Kier molecular flexibility index (Phi) is 3.48. The van der Waals surface area contributed by atoms with Crippen molar-refractivity contribution in [3.63, 3.8) is 0 Å². The largest absolute Gasteiger partial charge is 0.456 e. The van der Waals surface area contributed by atoms with E-state index in [0.29, 0.717) is 11.1 Å². The van der Waals surface area contributed by atoms with E-state index in [4.69, 9.17) is 10.3 Å². The van der Waals surface area contributed by atoms with Gasteiger partial charge in [0, 0.05) is 24.2 Å². The van der Waals surface area contributed by atoms with Crippen LogP contribution in [0.25, 0.3) is 11.0 Å². The predicted octanol–water partition coefficient (Wildman–Crippen LogP) is 2.42. The van der Waals surface area contributed by atoms with E-state index in [0.717, 1.165) is 17.7 Å². The number of nitrogens with two attached hydrogens (primary N) is 1. The van der Waals surface area contributed by atoms with Crippen LogP contribution >= 0.6 is 0 Å². The number of hydrogen-bond donors (Lipinski definition) is 2. The number of aromatic nitrogens is 2. The molecule has 0 saturated carbocycles. The topological polar surface area (TPSA) is 69.0 Å². The molecule has 21 heavy (non-hydrogen) atoms. The number of hydrogen-bond acceptors (Lipinski definition) is 4. The van der Waals surface area contributed by atoms with Crippen LogP contribution in [0.2, 0.25) is 0 Å². The van der Waals surface area contributed by atoms with Crippen molar-refractivity contribution < 1.29 is 8.81 Å². The SMILES string of the molecule is CCc1nn(C)cc1C(NN)c1cc2cccc(F)c2o1. The first-order chi connectivity index (χ1) is 10.1. The van der Waals surface area contributed by atoms with Crippen LogP contribution in [0.5, 0.6) is 0 Å². The quantitative estimate of drug-likeness (QED) is 0.571. The number of nitrogens with one attached hydrogen (secondary N) is 1. The fraction of sp³-hybridized carbons (Fsp3) is 0.267. The van der Waals surface area contributed by atoms with E-state index in [1.165, 1.54) is 6.07 Å². The second kappa shape index (κ2) is 5.31. The van der Waals surface area contributed by atoms with Crippen molar-refractivity contribution in [2.75, 3.05) is 0 Å². The van der Waals surface area contributed by atoms with Crippen LogP contribution < -0.4 is 11.3 Å². The number of aryl methyl sites for hydroxylation is 2. The lowest BCUT2D eigenvalue weighted by atomic mass is 10.0. The smallest absolute Gasteiger partial charge is 0.169 e. The first-order valence-corrected chi connectivity index (χ1v) is 6.80. The zero-order valence-corrected chi connectivity index (χ0v) is 11.9. The lowest BCUT2D eigenvalue weighted by Crippen LogP contribution is -2.29. The maximum absolute atomic E-state index is 13.8. The number of furan rings is 1. The summed E-state index contributed by atoms with van der Waals surface area (Å²) in [6, 6.07) is 6.28. The summed E-state index contributed by atoms with van der Waals surface area (Å²) in [6.45, 7) is 2.03. The molecule has 5 nitrogen and oxygen atoms in total. The van der Waals surface area contributed by atoms with Crippen LogP contribution in [0, 0.1) is 5.82 Å². The van der Waals surface area contributed by atoms with E-state index in [2.05, 4.69) is 10.5 Å². The Bertz CT molecular complexity index is 777. The van der Waals surface area contributed by atoms with Gasteiger partial charge in [0.1, 0.15) is 11.8 Å². The number of hydrazine groups is 1. The number of fused-ring (bicyclic) bond motifs is 1. The average Bonchev–Trinajstić information content (AvgIpc) is 3.04. The molecule has 110 valence electrons. The van der Waals surface area contributed by atoms with Crippen LogP contribution in [0.1, 0.15) is 30.0 Å². The highest BCUT2D eigenvalue weighted by Crippen LogP contribution is 2.30. The molecule has 0 spiro atoms. The minimum absolute atomic E-state index is 0.245. The second-order valence-corrected chi connectivity index (χ2v) is 4.96. The number of benzene rings is 1. The Morgan fingerprint density at radius 2 is 2.29 bits per heavy atom. The summed E-state index contributed by atoms with van der Waals surface area (Å²) in [4.78, 5) is 0. The molecule has 2 aromatic heterocycles. The van der Waals surface area contributed by atoms with Crippen LogP contribution in [0.15, 0.2) is 34.9 Å². The highest BCUT2D eigenvalue weighted by atomic mass is 19.1. The molecule has 1 aromatic carbocycles. The molecule has 3 rings (SSSR count). The third kappa shape index (κ3) is 2.32. The van der Waals surface area contributed by atoms with E-state index in [1.54, 1.807) is 16.8 Å². The Morgan fingerprint density at radius 3 is 2.95 bits per heavy atom. The van der Waals surface area contributed by atoms with Crippen molar-refractivity contribution in [1.29, 1.82) is 0 Å². The maximum atomic E-state index is 13.8. The van der Waals surface area contributed by atoms with Crippen molar-refractivity contribution in [3.8, 4) is 0 Å². The highest BCUT2D eigenvalue weighted by Gasteiger charge is 2.22. The number of rotatable bonds is 4. The molecule has 0 aliphatic rings. The fourth-order valence-electron chi connectivity index (χ4n) is 2.58. The lowest BCUT2D eigenvalue weighted by molar-refractivity contribution is 0.463. The molecule has 3 aromatic rings. The summed E-state index contributed by atoms with van der Waals surface area (Å²) in [5, 5.41) is 5.12. The molecule has 2 heterocycles. The predicted molar refractivity (Wildman–Crippen MR) is 77.9 cm³/mol. The highest BCUT2D eigenvalue weighted by molar-refractivity contribution is 5.78. The fourth-order valence-corrected chi connectivity index (χ4v) is 2.58. The van der Waals surface area contributed by atoms with E-state index in [1.807, 2.05) is 26.2 Å². The van der Waals surface area contributed by atoms with Gasteiger partial charge in [-0.3, -0.25) is 10.5 Å². The summed E-state index contributed by atoms with van der Waals surface area (Å²) in [5.41, 5.74) is 4.84. The molecular formula is C15H17FN4O. The van der Waals surface area contributed by atoms with Crippen molar-refractivity contribution in [1.82, 2.24) is 15.2 Å². The van der Waals surface area contributed by atoms with Gasteiger partial charge in [0.25, 0.3) is 0 Å². The van der Waals surface area contributed by atoms with E-state index in [-0.39, 0.29) is 17.4 Å². The van der Waals surface area contributed by atoms with E-state index >= 15 is 0 Å². The van der Waals surface area contributed by atoms with Crippen molar-refractivity contribution >= 4 is 11.0 Å². The molecular weight excluding hydrogens is 271 g/mol. The molecule has 1 unspecified atom stereocenters. The summed E-state index contributed by atoms with van der Waals surface area (Å²) >= 11 is 0. The standard InChI is InChI=1S/C15H17FN4O/c1-3-12-10(8-20(2)19-12)14(18-17)13-7-9-5-4-6-11(16)15(9)21-13/h4-8,14,18H,3,17H2,1-2H3. The zero-order chi connectivity index (χ0) is 15.0. The molecule has 3 N–H and O–H groups in total. The Hall–Kier alpha value is -2.18. The first kappa shape index (κ1) is 13.8. The van der Waals surface area contributed by atoms with E-state index in [9.17, 15) is 4.39 Å². The Balaban J connectivity index is 2.11. The van der Waals surface area contributed by atoms with Gasteiger partial charge in [-0.1, -0.05) is 19.1 Å². The summed E-state index contributed by atoms with van der Waals surface area (Å²) in [6.07, 6.45) is 2.68. The van der Waals surface area contributed by atoms with Crippen LogP contribution in [-0.4, -0.2) is 9.78 Å². The van der Waals surface area contributed by atoms with Gasteiger partial charge in [-0.15, -0.1) is 0 Å². The number of nitrogens with zero attached hydrogens (tertiary/aromatic N) is 2. The summed E-state index contributed by atoms with van der Waals surface area (Å²) in [7, 11) is 1.86. The van der Waals surface area contributed by atoms with E-state index < -0.39 is 0 Å². The van der Waals surface area contributed by atoms with Gasteiger partial charge < -0.3 is 4.42 Å². The molecule has 0 aliphatic heterocycles. The Labute approximate surface area is 121 Å². The molecule has 0 fully saturated rings. The van der Waals surface area contributed by atoms with Gasteiger partial charge in [0.15, 0.2) is 11.4 Å². The minimum Gasteiger partial charge on any atom is -0.456 e. The molecule has 6 heteroatoms. The van der Waals surface area contributed by atoms with Gasteiger partial charge in [0.2, 0.25) is 0 Å². The molecule has 0 saturated heterocycles. The third-order valence-electron chi connectivity index (χ3n) is 3.55. The van der Waals surface area contributed by atoms with Gasteiger partial charge in [-0.05, 0) is 18.6 Å². The van der Waals surface area contributed by atoms with Crippen molar-refractivity contribution in [2.24, 2.45) is 12.9 Å². The van der Waals surface area contributed by atoms with Gasteiger partial charge in [-0.2, -0.15) is 5.10 Å². The van der Waals surface area contributed by atoms with Gasteiger partial charge in [-0.25, -0.2) is 9.82 Å². The monoisotopic (exact) mass is 288 g/mol. The summed E-state index contributed by atoms with van der Waals surface area (Å²) in [5.74, 6) is 5.88. The molecule has 0 radical (unpaired) electrons. The lowest BCUT2D eigenvalue weighted by Gasteiger charge is -2.12. The molecule has 0 aliphatic carbocycles. The average molecular weight is 288 g/mol. The third-order valence-corrected chi connectivity index (χ3v) is 3.55. The van der Waals surface area contributed by atoms with Crippen LogP contribution in [0.4, 0.5) is 4.39 Å². The minimum atomic E-state index is -0.378. The number of halogens is 1. The van der Waals surface area contributed by atoms with Crippen LogP contribution in [-0.2, 0) is 13.5 Å². The van der Waals surface area contributed by atoms with Crippen molar-refractivity contribution in [3.05, 3.63) is 53.3 Å². The van der Waals surface area contributed by atoms with Gasteiger partial charge >= 0.3 is 0 Å². The zero-order valence-electron chi connectivity index (χ0n) is 11.9. The summed E-state index contributed by atoms with van der Waals surface area (Å²) < 4.78 is 21.2. The molecule has 0 bridgehead atoms. The maximum Gasteiger partial charge on any atom is 0.169 e. The first-order valence-electron chi connectivity index (χ1n) is 6.80. The van der Waals surface area contributed by atoms with Gasteiger partial charge in [0.05, 0.1) is 5.69 Å². The normalized spacial score (nSPS) is 13.0. The van der Waals surface area contributed by atoms with Crippen LogP contribution in [0.3, 0.4) is 0 Å². The molecule has 1 atom stereocenters. The molecule has 0 amide bonds. The Morgan fingerprint density at radius 1 is 1.48 bits per heavy atom. The number of para-hydroxylation sites is 1.